The molecule has 1 amide bonds. The SMILES string of the molecule is Cc1cccc(CN2CCN(CC(=O)N[C@](C)(C#N)C(C)C)CC2)c1. The van der Waals surface area contributed by atoms with Crippen molar-refractivity contribution in [3.8, 4) is 6.07 Å². The van der Waals surface area contributed by atoms with E-state index in [-0.39, 0.29) is 11.8 Å². The van der Waals surface area contributed by atoms with Crippen LogP contribution in [0.25, 0.3) is 0 Å². The molecule has 0 spiro atoms. The molecular weight excluding hydrogens is 312 g/mol. The molecule has 136 valence electrons. The number of rotatable bonds is 6. The third kappa shape index (κ3) is 5.55. The fourth-order valence-electron chi connectivity index (χ4n) is 3.01. The molecule has 1 atom stereocenters. The largest absolute Gasteiger partial charge is 0.337 e. The first-order chi connectivity index (χ1) is 11.8. The van der Waals surface area contributed by atoms with E-state index in [4.69, 9.17) is 0 Å². The molecule has 0 aromatic heterocycles. The van der Waals surface area contributed by atoms with Crippen LogP contribution in [0.4, 0.5) is 0 Å². The second kappa shape index (κ2) is 8.46. The molecule has 1 N–H and O–H groups in total. The van der Waals surface area contributed by atoms with Gasteiger partial charge in [-0.15, -0.1) is 0 Å². The van der Waals surface area contributed by atoms with E-state index in [1.807, 2.05) is 13.8 Å². The number of nitriles is 1. The number of carbonyl (C=O) groups is 1. The maximum absolute atomic E-state index is 12.3. The van der Waals surface area contributed by atoms with Crippen LogP contribution in [0.15, 0.2) is 24.3 Å². The van der Waals surface area contributed by atoms with Gasteiger partial charge in [-0.05, 0) is 25.3 Å². The summed E-state index contributed by atoms with van der Waals surface area (Å²) >= 11 is 0. The van der Waals surface area contributed by atoms with Crippen molar-refractivity contribution in [2.45, 2.75) is 39.8 Å². The Labute approximate surface area is 151 Å². The number of piperazine rings is 1. The Morgan fingerprint density at radius 1 is 1.28 bits per heavy atom. The molecule has 0 radical (unpaired) electrons. The van der Waals surface area contributed by atoms with Crippen LogP contribution < -0.4 is 5.32 Å². The van der Waals surface area contributed by atoms with Crippen molar-refractivity contribution in [3.63, 3.8) is 0 Å². The monoisotopic (exact) mass is 342 g/mol. The zero-order valence-corrected chi connectivity index (χ0v) is 15.9. The van der Waals surface area contributed by atoms with Gasteiger partial charge < -0.3 is 5.32 Å². The molecule has 0 unspecified atom stereocenters. The van der Waals surface area contributed by atoms with Gasteiger partial charge in [-0.25, -0.2) is 0 Å². The number of aryl methyl sites for hydroxylation is 1. The van der Waals surface area contributed by atoms with Gasteiger partial charge >= 0.3 is 0 Å². The number of nitrogens with zero attached hydrogens (tertiary/aromatic N) is 3. The van der Waals surface area contributed by atoms with Crippen molar-refractivity contribution < 1.29 is 4.79 Å². The highest BCUT2D eigenvalue weighted by atomic mass is 16.2. The summed E-state index contributed by atoms with van der Waals surface area (Å²) in [6, 6.07) is 10.8. The van der Waals surface area contributed by atoms with Crippen molar-refractivity contribution in [2.75, 3.05) is 32.7 Å². The van der Waals surface area contributed by atoms with Gasteiger partial charge in [0, 0.05) is 32.7 Å². The molecule has 5 nitrogen and oxygen atoms in total. The van der Waals surface area contributed by atoms with Crippen LogP contribution in [0.3, 0.4) is 0 Å². The first-order valence-corrected chi connectivity index (χ1v) is 9.05. The Bertz CT molecular complexity index is 629. The Hall–Kier alpha value is -1.90. The zero-order chi connectivity index (χ0) is 18.4. The van der Waals surface area contributed by atoms with Crippen LogP contribution >= 0.6 is 0 Å². The molecule has 2 rings (SSSR count). The first kappa shape index (κ1) is 19.4. The number of hydrogen-bond acceptors (Lipinski definition) is 4. The molecule has 1 aliphatic heterocycles. The highest BCUT2D eigenvalue weighted by molar-refractivity contribution is 5.79. The maximum atomic E-state index is 12.3. The quantitative estimate of drug-likeness (QED) is 0.861. The summed E-state index contributed by atoms with van der Waals surface area (Å²) in [5.41, 5.74) is 1.83. The van der Waals surface area contributed by atoms with E-state index in [2.05, 4.69) is 52.4 Å². The van der Waals surface area contributed by atoms with Crippen LogP contribution in [0.1, 0.15) is 31.9 Å². The number of benzene rings is 1. The lowest BCUT2D eigenvalue weighted by Crippen LogP contribution is -2.54. The average Bonchev–Trinajstić information content (AvgIpc) is 2.56. The predicted molar refractivity (Wildman–Crippen MR) is 99.9 cm³/mol. The average molecular weight is 342 g/mol. The molecule has 5 heteroatoms. The van der Waals surface area contributed by atoms with Crippen LogP contribution in [0.2, 0.25) is 0 Å². The highest BCUT2D eigenvalue weighted by Crippen LogP contribution is 2.15. The molecule has 1 heterocycles. The smallest absolute Gasteiger partial charge is 0.235 e. The van der Waals surface area contributed by atoms with Crippen molar-refractivity contribution in [1.29, 1.82) is 5.26 Å². The second-order valence-corrected chi connectivity index (χ2v) is 7.56. The van der Waals surface area contributed by atoms with E-state index in [0.717, 1.165) is 32.7 Å². The van der Waals surface area contributed by atoms with Crippen LogP contribution in [-0.2, 0) is 11.3 Å². The number of hydrogen-bond donors (Lipinski definition) is 1. The van der Waals surface area contributed by atoms with Gasteiger partial charge in [0.05, 0.1) is 12.6 Å². The van der Waals surface area contributed by atoms with Gasteiger partial charge in [0.2, 0.25) is 5.91 Å². The third-order valence-corrected chi connectivity index (χ3v) is 5.11. The number of nitrogens with one attached hydrogen (secondary N) is 1. The standard InChI is InChI=1S/C20H30N4O/c1-16(2)20(4,15-21)22-19(25)14-24-10-8-23(9-11-24)13-18-7-5-6-17(3)12-18/h5-7,12,16H,8-11,13-14H2,1-4H3,(H,22,25)/t20-/m1/s1. The first-order valence-electron chi connectivity index (χ1n) is 9.05. The van der Waals surface area contributed by atoms with Gasteiger partial charge in [-0.1, -0.05) is 43.7 Å². The van der Waals surface area contributed by atoms with Gasteiger partial charge in [-0.2, -0.15) is 5.26 Å². The van der Waals surface area contributed by atoms with Gasteiger partial charge in [-0.3, -0.25) is 14.6 Å². The van der Waals surface area contributed by atoms with Crippen molar-refractivity contribution in [3.05, 3.63) is 35.4 Å². The zero-order valence-electron chi connectivity index (χ0n) is 15.9. The fourth-order valence-corrected chi connectivity index (χ4v) is 3.01. The predicted octanol–water partition coefficient (Wildman–Crippen LogP) is 2.17. The molecular formula is C20H30N4O. The van der Waals surface area contributed by atoms with Crippen LogP contribution in [-0.4, -0.2) is 54.0 Å². The molecule has 25 heavy (non-hydrogen) atoms. The van der Waals surface area contributed by atoms with Crippen molar-refractivity contribution in [1.82, 2.24) is 15.1 Å². The Morgan fingerprint density at radius 3 is 2.48 bits per heavy atom. The van der Waals surface area contributed by atoms with Crippen molar-refractivity contribution in [2.24, 2.45) is 5.92 Å². The summed E-state index contributed by atoms with van der Waals surface area (Å²) in [6.45, 7) is 12.8. The van der Waals surface area contributed by atoms with E-state index in [9.17, 15) is 10.1 Å². The third-order valence-electron chi connectivity index (χ3n) is 5.11. The molecule has 1 fully saturated rings. The lowest BCUT2D eigenvalue weighted by molar-refractivity contribution is -0.124. The molecule has 1 saturated heterocycles. The van der Waals surface area contributed by atoms with Crippen LogP contribution in [0, 0.1) is 24.2 Å². The molecule has 0 aliphatic carbocycles. The topological polar surface area (TPSA) is 59.4 Å². The van der Waals surface area contributed by atoms with E-state index in [0.29, 0.717) is 6.54 Å². The summed E-state index contributed by atoms with van der Waals surface area (Å²) in [6.07, 6.45) is 0. The number of amides is 1. The minimum absolute atomic E-state index is 0.0649. The summed E-state index contributed by atoms with van der Waals surface area (Å²) in [4.78, 5) is 16.9. The highest BCUT2D eigenvalue weighted by Gasteiger charge is 2.30. The fraction of sp³-hybridized carbons (Fsp3) is 0.600. The number of carbonyl (C=O) groups excluding carboxylic acids is 1. The van der Waals surface area contributed by atoms with Gasteiger partial charge in [0.1, 0.15) is 5.54 Å². The Balaban J connectivity index is 1.78. The molecule has 0 bridgehead atoms. The van der Waals surface area contributed by atoms with E-state index in [1.165, 1.54) is 11.1 Å². The Morgan fingerprint density at radius 2 is 1.92 bits per heavy atom. The lowest BCUT2D eigenvalue weighted by atomic mass is 9.90. The minimum Gasteiger partial charge on any atom is -0.337 e. The Kier molecular flexibility index (Phi) is 6.57. The molecule has 1 aliphatic rings. The lowest BCUT2D eigenvalue weighted by Gasteiger charge is -2.35. The van der Waals surface area contributed by atoms with E-state index < -0.39 is 5.54 Å². The van der Waals surface area contributed by atoms with Gasteiger partial charge in [0.25, 0.3) is 0 Å². The summed E-state index contributed by atoms with van der Waals surface area (Å²) in [5, 5.41) is 12.2. The van der Waals surface area contributed by atoms with Crippen LogP contribution in [0.5, 0.6) is 0 Å². The van der Waals surface area contributed by atoms with E-state index in [1.54, 1.807) is 6.92 Å². The van der Waals surface area contributed by atoms with Crippen molar-refractivity contribution >= 4 is 5.91 Å². The summed E-state index contributed by atoms with van der Waals surface area (Å²) in [5.74, 6) is 0.0116. The molecule has 1 aromatic carbocycles. The van der Waals surface area contributed by atoms with Gasteiger partial charge in [0.15, 0.2) is 0 Å². The molecule has 1 aromatic rings. The summed E-state index contributed by atoms with van der Waals surface area (Å²) in [7, 11) is 0. The maximum Gasteiger partial charge on any atom is 0.235 e. The van der Waals surface area contributed by atoms with E-state index >= 15 is 0 Å². The molecule has 0 saturated carbocycles. The normalized spacial score (nSPS) is 18.6. The second-order valence-electron chi connectivity index (χ2n) is 7.56. The summed E-state index contributed by atoms with van der Waals surface area (Å²) < 4.78 is 0. The minimum atomic E-state index is -0.802.